The number of aliphatic imine (C=N–C) groups is 1. The quantitative estimate of drug-likeness (QED) is 0.155. The summed E-state index contributed by atoms with van der Waals surface area (Å²) in [4.78, 5) is 3.62. The van der Waals surface area contributed by atoms with Gasteiger partial charge in [0.1, 0.15) is 11.4 Å². The Morgan fingerprint density at radius 3 is 1.68 bits per heavy atom. The molecule has 4 rings (SSSR count). The van der Waals surface area contributed by atoms with Gasteiger partial charge in [0.15, 0.2) is 23.3 Å². The Bertz CT molecular complexity index is 1230. The minimum atomic E-state index is -2.24. The van der Waals surface area contributed by atoms with Crippen LogP contribution < -0.4 is 0 Å². The Kier molecular flexibility index (Phi) is 9.53. The Hall–Kier alpha value is -3.22. The smallest absolute Gasteiger partial charge is 0.200 e. The van der Waals surface area contributed by atoms with Crippen molar-refractivity contribution in [3.8, 4) is 16.9 Å². The van der Waals surface area contributed by atoms with Crippen LogP contribution in [-0.2, 0) is 0 Å². The zero-order chi connectivity index (χ0) is 27.1. The van der Waals surface area contributed by atoms with Crippen LogP contribution in [0.1, 0.15) is 87.7 Å². The summed E-state index contributed by atoms with van der Waals surface area (Å²) in [5.41, 5.74) is 1.20. The van der Waals surface area contributed by atoms with E-state index in [0.717, 1.165) is 55.9 Å². The van der Waals surface area contributed by atoms with Crippen molar-refractivity contribution in [2.75, 3.05) is 0 Å². The molecule has 1 saturated carbocycles. The Balaban J connectivity index is 1.77. The van der Waals surface area contributed by atoms with E-state index in [-0.39, 0.29) is 17.2 Å². The van der Waals surface area contributed by atoms with Gasteiger partial charge in [0, 0.05) is 11.8 Å². The van der Waals surface area contributed by atoms with Gasteiger partial charge in [-0.3, -0.25) is 0 Å². The van der Waals surface area contributed by atoms with Crippen LogP contribution in [0, 0.1) is 29.1 Å². The molecule has 1 aliphatic rings. The van der Waals surface area contributed by atoms with E-state index in [2.05, 4.69) is 4.99 Å². The molecule has 0 atom stereocenters. The van der Waals surface area contributed by atoms with Crippen LogP contribution in [0.5, 0.6) is 5.75 Å². The number of phenolic OH excluding ortho intramolecular Hbond substituents is 1. The average Bonchev–Trinajstić information content (AvgIpc) is 2.92. The van der Waals surface area contributed by atoms with E-state index in [9.17, 15) is 27.1 Å². The average molecular weight is 530 g/mol. The maximum absolute atomic E-state index is 14.2. The number of halogens is 5. The van der Waals surface area contributed by atoms with E-state index in [1.807, 2.05) is 36.4 Å². The predicted molar refractivity (Wildman–Crippen MR) is 141 cm³/mol. The molecule has 1 N–H and O–H groups in total. The second-order valence-electron chi connectivity index (χ2n) is 10.0. The largest absolute Gasteiger partial charge is 0.507 e. The third-order valence-electron chi connectivity index (χ3n) is 7.34. The van der Waals surface area contributed by atoms with Gasteiger partial charge in [-0.05, 0) is 47.6 Å². The molecule has 0 amide bonds. The van der Waals surface area contributed by atoms with Crippen LogP contribution in [-0.4, -0.2) is 11.3 Å². The maximum Gasteiger partial charge on any atom is 0.200 e. The molecule has 1 fully saturated rings. The van der Waals surface area contributed by atoms with Crippen LogP contribution in [0.3, 0.4) is 0 Å². The standard InChI is InChI=1S/C31H32F5NO/c32-25-26(33)28(35)30(29(36)27(25)34)37-19-23-17-22(20-13-11-8-12-14-20)18-24(31(23)38)21-15-9-6-4-2-1-3-5-7-10-16-21/h8,11-14,17-19,21,38H,1-7,9-10,15-16H2. The fourth-order valence-corrected chi connectivity index (χ4v) is 5.20. The van der Waals surface area contributed by atoms with Crippen molar-refractivity contribution in [2.45, 2.75) is 76.5 Å². The lowest BCUT2D eigenvalue weighted by molar-refractivity contribution is 0.381. The molecule has 202 valence electrons. The molecule has 3 aromatic carbocycles. The topological polar surface area (TPSA) is 32.6 Å². The van der Waals surface area contributed by atoms with Gasteiger partial charge in [-0.15, -0.1) is 0 Å². The molecule has 0 bridgehead atoms. The van der Waals surface area contributed by atoms with Gasteiger partial charge in [0.2, 0.25) is 5.82 Å². The maximum atomic E-state index is 14.2. The van der Waals surface area contributed by atoms with Gasteiger partial charge in [-0.25, -0.2) is 26.9 Å². The predicted octanol–water partition coefficient (Wildman–Crippen LogP) is 9.89. The van der Waals surface area contributed by atoms with Gasteiger partial charge in [0.25, 0.3) is 0 Å². The molecule has 7 heteroatoms. The summed E-state index contributed by atoms with van der Waals surface area (Å²) in [7, 11) is 0. The van der Waals surface area contributed by atoms with E-state index in [1.54, 1.807) is 6.07 Å². The van der Waals surface area contributed by atoms with Gasteiger partial charge in [-0.2, -0.15) is 0 Å². The zero-order valence-electron chi connectivity index (χ0n) is 21.3. The normalized spacial score (nSPS) is 16.3. The summed E-state index contributed by atoms with van der Waals surface area (Å²) in [5, 5.41) is 11.3. The molecule has 0 heterocycles. The van der Waals surface area contributed by atoms with Crippen LogP contribution >= 0.6 is 0 Å². The highest BCUT2D eigenvalue weighted by Gasteiger charge is 2.26. The second-order valence-corrected chi connectivity index (χ2v) is 10.0. The van der Waals surface area contributed by atoms with E-state index in [1.165, 1.54) is 32.1 Å². The SMILES string of the molecule is Oc1c(C=Nc2c(F)c(F)c(F)c(F)c2F)cc(-c2ccccc2)cc1C1CCCCCCCCCCC1. The molecule has 0 saturated heterocycles. The third-order valence-corrected chi connectivity index (χ3v) is 7.34. The van der Waals surface area contributed by atoms with Crippen LogP contribution in [0.4, 0.5) is 27.6 Å². The first-order valence-electron chi connectivity index (χ1n) is 13.4. The lowest BCUT2D eigenvalue weighted by Gasteiger charge is -2.22. The first-order valence-corrected chi connectivity index (χ1v) is 13.4. The molecular weight excluding hydrogens is 497 g/mol. The van der Waals surface area contributed by atoms with Crippen LogP contribution in [0.15, 0.2) is 47.5 Å². The van der Waals surface area contributed by atoms with E-state index >= 15 is 0 Å². The molecule has 0 aromatic heterocycles. The highest BCUT2D eigenvalue weighted by Crippen LogP contribution is 2.39. The van der Waals surface area contributed by atoms with Crippen molar-refractivity contribution < 1.29 is 27.1 Å². The van der Waals surface area contributed by atoms with E-state index < -0.39 is 34.8 Å². The highest BCUT2D eigenvalue weighted by atomic mass is 19.2. The first kappa shape index (κ1) is 27.8. The van der Waals surface area contributed by atoms with Crippen molar-refractivity contribution in [3.63, 3.8) is 0 Å². The summed E-state index contributed by atoms with van der Waals surface area (Å²) in [6, 6.07) is 13.0. The Morgan fingerprint density at radius 1 is 0.632 bits per heavy atom. The minimum absolute atomic E-state index is 0.0689. The van der Waals surface area contributed by atoms with Crippen molar-refractivity contribution >= 4 is 11.9 Å². The van der Waals surface area contributed by atoms with Crippen molar-refractivity contribution in [1.82, 2.24) is 0 Å². The summed E-state index contributed by atoms with van der Waals surface area (Å²) in [5.74, 6) is -10.4. The third kappa shape index (κ3) is 6.43. The molecule has 0 aliphatic heterocycles. The van der Waals surface area contributed by atoms with Gasteiger partial charge < -0.3 is 5.11 Å². The number of phenols is 1. The van der Waals surface area contributed by atoms with Crippen LogP contribution in [0.25, 0.3) is 11.1 Å². The molecule has 0 spiro atoms. The molecule has 1 aliphatic carbocycles. The van der Waals surface area contributed by atoms with E-state index in [0.29, 0.717) is 5.56 Å². The summed E-state index contributed by atoms with van der Waals surface area (Å²) >= 11 is 0. The Labute approximate surface area is 220 Å². The molecule has 3 aromatic rings. The molecular formula is C31H32F5NO. The Morgan fingerprint density at radius 2 is 1.13 bits per heavy atom. The first-order chi connectivity index (χ1) is 18.4. The number of benzene rings is 3. The molecule has 0 radical (unpaired) electrons. The summed E-state index contributed by atoms with van der Waals surface area (Å²) in [6.45, 7) is 0. The molecule has 0 unspecified atom stereocenters. The molecule has 38 heavy (non-hydrogen) atoms. The van der Waals surface area contributed by atoms with Gasteiger partial charge in [-0.1, -0.05) is 88.1 Å². The lowest BCUT2D eigenvalue weighted by Crippen LogP contribution is -2.04. The lowest BCUT2D eigenvalue weighted by atomic mass is 9.84. The second kappa shape index (κ2) is 13.0. The van der Waals surface area contributed by atoms with Crippen molar-refractivity contribution in [2.24, 2.45) is 4.99 Å². The van der Waals surface area contributed by atoms with E-state index in [4.69, 9.17) is 0 Å². The molecule has 2 nitrogen and oxygen atoms in total. The minimum Gasteiger partial charge on any atom is -0.507 e. The fraction of sp³-hybridized carbons (Fsp3) is 0.387. The van der Waals surface area contributed by atoms with Gasteiger partial charge in [0.05, 0.1) is 0 Å². The monoisotopic (exact) mass is 529 g/mol. The summed E-state index contributed by atoms with van der Waals surface area (Å²) < 4.78 is 69.4. The van der Waals surface area contributed by atoms with Crippen molar-refractivity contribution in [3.05, 3.63) is 82.7 Å². The summed E-state index contributed by atoms with van der Waals surface area (Å²) in [6.07, 6.45) is 13.1. The highest BCUT2D eigenvalue weighted by molar-refractivity contribution is 5.89. The number of hydrogen-bond donors (Lipinski definition) is 1. The number of aromatic hydroxyl groups is 1. The zero-order valence-corrected chi connectivity index (χ0v) is 21.3. The van der Waals surface area contributed by atoms with Crippen LogP contribution in [0.2, 0.25) is 0 Å². The van der Waals surface area contributed by atoms with Gasteiger partial charge >= 0.3 is 0 Å². The fourth-order valence-electron chi connectivity index (χ4n) is 5.20. The number of nitrogens with zero attached hydrogens (tertiary/aromatic N) is 1. The number of rotatable bonds is 4. The number of hydrogen-bond acceptors (Lipinski definition) is 2. The van der Waals surface area contributed by atoms with Crippen molar-refractivity contribution in [1.29, 1.82) is 0 Å².